The first-order valence-corrected chi connectivity index (χ1v) is 7.50. The quantitative estimate of drug-likeness (QED) is 0.778. The van der Waals surface area contributed by atoms with Gasteiger partial charge in [0, 0.05) is 37.3 Å². The number of nitrogens with zero attached hydrogens (tertiary/aromatic N) is 5. The molecule has 0 aliphatic carbocycles. The molecule has 0 atom stereocenters. The van der Waals surface area contributed by atoms with Crippen LogP contribution in [0.2, 0.25) is 0 Å². The van der Waals surface area contributed by atoms with Gasteiger partial charge >= 0.3 is 0 Å². The van der Waals surface area contributed by atoms with Gasteiger partial charge in [0.2, 0.25) is 5.95 Å². The summed E-state index contributed by atoms with van der Waals surface area (Å²) in [7, 11) is 0. The van der Waals surface area contributed by atoms with E-state index < -0.39 is 0 Å². The van der Waals surface area contributed by atoms with Crippen molar-refractivity contribution in [2.45, 2.75) is 0 Å². The predicted molar refractivity (Wildman–Crippen MR) is 86.4 cm³/mol. The van der Waals surface area contributed by atoms with Crippen LogP contribution in [-0.2, 0) is 0 Å². The van der Waals surface area contributed by atoms with E-state index in [-0.39, 0.29) is 12.4 Å². The fourth-order valence-corrected chi connectivity index (χ4v) is 3.22. The molecule has 0 bridgehead atoms. The molecule has 0 radical (unpaired) electrons. The molecule has 0 amide bonds. The molecule has 1 aliphatic heterocycles. The van der Waals surface area contributed by atoms with Crippen molar-refractivity contribution in [3.63, 3.8) is 0 Å². The second-order valence-electron chi connectivity index (χ2n) is 4.68. The fraction of sp³-hybridized carbons (Fsp3) is 0.308. The zero-order valence-electron chi connectivity index (χ0n) is 11.3. The SMILES string of the molecule is Cl.c1csc(-c2cnc(N3CCNCC3)n3ncnc23)c1. The van der Waals surface area contributed by atoms with Gasteiger partial charge in [0.1, 0.15) is 6.33 Å². The number of anilines is 1. The summed E-state index contributed by atoms with van der Waals surface area (Å²) in [6, 6.07) is 4.12. The highest BCUT2D eigenvalue weighted by Crippen LogP contribution is 2.28. The van der Waals surface area contributed by atoms with Gasteiger partial charge in [0.05, 0.1) is 5.56 Å². The first kappa shape index (κ1) is 14.2. The second kappa shape index (κ2) is 5.97. The standard InChI is InChI=1S/C13H14N6S.ClH/c1-2-11(20-7-1)10-8-15-13(18-5-3-14-4-6-18)19-12(10)16-9-17-19;/h1-2,7-9,14H,3-6H2;1H. The van der Waals surface area contributed by atoms with Gasteiger partial charge in [-0.3, -0.25) is 0 Å². The van der Waals surface area contributed by atoms with E-state index in [9.17, 15) is 0 Å². The Bertz CT molecular complexity index is 719. The molecule has 1 aliphatic rings. The molecule has 0 unspecified atom stereocenters. The number of fused-ring (bicyclic) bond motifs is 1. The Balaban J connectivity index is 0.00000132. The van der Waals surface area contributed by atoms with Crippen molar-refractivity contribution in [3.05, 3.63) is 30.0 Å². The van der Waals surface area contributed by atoms with Crippen LogP contribution in [0.4, 0.5) is 5.95 Å². The number of thiophene rings is 1. The first-order valence-electron chi connectivity index (χ1n) is 6.62. The summed E-state index contributed by atoms with van der Waals surface area (Å²) in [6.07, 6.45) is 3.51. The molecule has 8 heteroatoms. The van der Waals surface area contributed by atoms with Gasteiger partial charge in [-0.25, -0.2) is 9.97 Å². The molecule has 1 fully saturated rings. The molecule has 6 nitrogen and oxygen atoms in total. The second-order valence-corrected chi connectivity index (χ2v) is 5.63. The van der Waals surface area contributed by atoms with Gasteiger partial charge in [0.15, 0.2) is 5.65 Å². The lowest BCUT2D eigenvalue weighted by atomic mass is 10.2. The lowest BCUT2D eigenvalue weighted by Crippen LogP contribution is -2.44. The summed E-state index contributed by atoms with van der Waals surface area (Å²) in [5, 5.41) is 9.76. The third kappa shape index (κ3) is 2.48. The monoisotopic (exact) mass is 322 g/mol. The Kier molecular flexibility index (Phi) is 4.05. The number of nitrogens with one attached hydrogen (secondary N) is 1. The fourth-order valence-electron chi connectivity index (χ4n) is 2.49. The van der Waals surface area contributed by atoms with Gasteiger partial charge < -0.3 is 10.2 Å². The first-order chi connectivity index (χ1) is 9.93. The van der Waals surface area contributed by atoms with Gasteiger partial charge in [0.25, 0.3) is 0 Å². The Morgan fingerprint density at radius 2 is 2.05 bits per heavy atom. The van der Waals surface area contributed by atoms with Crippen molar-refractivity contribution in [2.75, 3.05) is 31.1 Å². The van der Waals surface area contributed by atoms with Crippen molar-refractivity contribution >= 4 is 35.3 Å². The largest absolute Gasteiger partial charge is 0.338 e. The van der Waals surface area contributed by atoms with E-state index in [1.807, 2.05) is 16.8 Å². The third-order valence-electron chi connectivity index (χ3n) is 3.47. The highest BCUT2D eigenvalue weighted by molar-refractivity contribution is 7.13. The maximum Gasteiger partial charge on any atom is 0.228 e. The highest BCUT2D eigenvalue weighted by atomic mass is 35.5. The van der Waals surface area contributed by atoms with Crippen LogP contribution in [0.25, 0.3) is 16.1 Å². The molecule has 0 saturated carbocycles. The molecular formula is C13H15ClN6S. The smallest absolute Gasteiger partial charge is 0.228 e. The van der Waals surface area contributed by atoms with Gasteiger partial charge in [-0.05, 0) is 11.4 Å². The predicted octanol–water partition coefficient (Wildman–Crippen LogP) is 1.68. The number of halogens is 1. The average molecular weight is 323 g/mol. The molecule has 3 aromatic heterocycles. The third-order valence-corrected chi connectivity index (χ3v) is 4.38. The molecular weight excluding hydrogens is 308 g/mol. The summed E-state index contributed by atoms with van der Waals surface area (Å²) < 4.78 is 1.85. The van der Waals surface area contributed by atoms with E-state index >= 15 is 0 Å². The van der Waals surface area contributed by atoms with E-state index in [4.69, 9.17) is 0 Å². The summed E-state index contributed by atoms with van der Waals surface area (Å²) in [5.74, 6) is 0.874. The zero-order valence-corrected chi connectivity index (χ0v) is 12.9. The van der Waals surface area contributed by atoms with Gasteiger partial charge in [-0.1, -0.05) is 6.07 Å². The normalized spacial score (nSPS) is 15.1. The molecule has 110 valence electrons. The number of aromatic nitrogens is 4. The van der Waals surface area contributed by atoms with E-state index in [1.165, 1.54) is 4.88 Å². The van der Waals surface area contributed by atoms with Crippen molar-refractivity contribution in [1.82, 2.24) is 24.9 Å². The van der Waals surface area contributed by atoms with E-state index in [1.54, 1.807) is 17.7 Å². The Hall–Kier alpha value is -1.70. The Morgan fingerprint density at radius 3 is 2.81 bits per heavy atom. The molecule has 1 N–H and O–H groups in total. The lowest BCUT2D eigenvalue weighted by Gasteiger charge is -2.28. The van der Waals surface area contributed by atoms with Crippen LogP contribution in [0.5, 0.6) is 0 Å². The molecule has 4 heterocycles. The maximum absolute atomic E-state index is 4.62. The molecule has 3 aromatic rings. The van der Waals surface area contributed by atoms with Crippen LogP contribution < -0.4 is 10.2 Å². The summed E-state index contributed by atoms with van der Waals surface area (Å²) in [5.41, 5.74) is 1.91. The Morgan fingerprint density at radius 1 is 1.19 bits per heavy atom. The minimum absolute atomic E-state index is 0. The number of rotatable bonds is 2. The van der Waals surface area contributed by atoms with Crippen LogP contribution in [0, 0.1) is 0 Å². The molecule has 21 heavy (non-hydrogen) atoms. The van der Waals surface area contributed by atoms with Crippen LogP contribution >= 0.6 is 23.7 Å². The number of hydrogen-bond donors (Lipinski definition) is 1. The Labute approximate surface area is 132 Å². The number of piperazine rings is 1. The molecule has 4 rings (SSSR count). The van der Waals surface area contributed by atoms with E-state index in [2.05, 4.69) is 36.7 Å². The van der Waals surface area contributed by atoms with E-state index in [0.717, 1.165) is 43.3 Å². The maximum atomic E-state index is 4.62. The average Bonchev–Trinajstić information content (AvgIpc) is 3.18. The number of hydrogen-bond acceptors (Lipinski definition) is 6. The summed E-state index contributed by atoms with van der Waals surface area (Å²) in [4.78, 5) is 12.4. The topological polar surface area (TPSA) is 58.4 Å². The molecule has 0 aromatic carbocycles. The highest BCUT2D eigenvalue weighted by Gasteiger charge is 2.18. The van der Waals surface area contributed by atoms with Crippen LogP contribution in [0.1, 0.15) is 0 Å². The summed E-state index contributed by atoms with van der Waals surface area (Å²) in [6.45, 7) is 3.84. The van der Waals surface area contributed by atoms with E-state index in [0.29, 0.717) is 0 Å². The minimum atomic E-state index is 0. The van der Waals surface area contributed by atoms with Gasteiger partial charge in [-0.15, -0.1) is 23.7 Å². The van der Waals surface area contributed by atoms with Crippen molar-refractivity contribution in [1.29, 1.82) is 0 Å². The molecule has 0 spiro atoms. The van der Waals surface area contributed by atoms with Crippen LogP contribution in [0.15, 0.2) is 30.0 Å². The van der Waals surface area contributed by atoms with Crippen molar-refractivity contribution in [3.8, 4) is 10.4 Å². The minimum Gasteiger partial charge on any atom is -0.338 e. The van der Waals surface area contributed by atoms with Crippen molar-refractivity contribution in [2.24, 2.45) is 0 Å². The van der Waals surface area contributed by atoms with Crippen molar-refractivity contribution < 1.29 is 0 Å². The molecule has 1 saturated heterocycles. The zero-order chi connectivity index (χ0) is 13.4. The lowest BCUT2D eigenvalue weighted by molar-refractivity contribution is 0.574. The van der Waals surface area contributed by atoms with Crippen LogP contribution in [0.3, 0.4) is 0 Å². The van der Waals surface area contributed by atoms with Crippen LogP contribution in [-0.4, -0.2) is 45.8 Å². The summed E-state index contributed by atoms with van der Waals surface area (Å²) >= 11 is 1.69. The van der Waals surface area contributed by atoms with Gasteiger partial charge in [-0.2, -0.15) is 9.61 Å².